The number of carbonyl (C=O) groups excluding carboxylic acids is 1. The average Bonchev–Trinajstić information content (AvgIpc) is 2.92. The first-order valence-electron chi connectivity index (χ1n) is 11.3. The second-order valence-electron chi connectivity index (χ2n) is 8.22. The van der Waals surface area contributed by atoms with Crippen LogP contribution in [-0.4, -0.2) is 68.3 Å². The predicted molar refractivity (Wildman–Crippen MR) is 132 cm³/mol. The number of piperazine rings is 1. The molecule has 2 aromatic carbocycles. The molecule has 1 saturated heterocycles. The van der Waals surface area contributed by atoms with Gasteiger partial charge in [0.2, 0.25) is 11.7 Å². The molecule has 1 fully saturated rings. The van der Waals surface area contributed by atoms with E-state index in [4.69, 9.17) is 25.8 Å². The summed E-state index contributed by atoms with van der Waals surface area (Å²) in [7, 11) is 4.50. The van der Waals surface area contributed by atoms with Crippen molar-refractivity contribution in [2.45, 2.75) is 6.18 Å². The zero-order chi connectivity index (χ0) is 27.6. The van der Waals surface area contributed by atoms with Crippen LogP contribution >= 0.6 is 11.6 Å². The van der Waals surface area contributed by atoms with Gasteiger partial charge in [-0.3, -0.25) is 4.79 Å². The normalized spacial score (nSPS) is 13.9. The van der Waals surface area contributed by atoms with Gasteiger partial charge in [0.1, 0.15) is 0 Å². The molecule has 0 bridgehead atoms. The fraction of sp³-hybridized carbons (Fsp3) is 0.320. The molecular formula is C25H23ClF4N4O4. The molecule has 13 heteroatoms. The highest BCUT2D eigenvalue weighted by Gasteiger charge is 2.39. The first-order valence-corrected chi connectivity index (χ1v) is 11.7. The van der Waals surface area contributed by atoms with Crippen molar-refractivity contribution in [2.75, 3.05) is 52.4 Å². The molecule has 1 aromatic heterocycles. The summed E-state index contributed by atoms with van der Waals surface area (Å²) in [6, 6.07) is 6.57. The number of hydrogen-bond acceptors (Lipinski definition) is 7. The molecule has 2 heterocycles. The van der Waals surface area contributed by atoms with E-state index in [1.165, 1.54) is 21.3 Å². The van der Waals surface area contributed by atoms with Crippen LogP contribution in [0, 0.1) is 5.82 Å². The highest BCUT2D eigenvalue weighted by molar-refractivity contribution is 6.31. The maximum absolute atomic E-state index is 14.6. The number of hydrogen-bond donors (Lipinski definition) is 0. The second-order valence-corrected chi connectivity index (χ2v) is 8.62. The SMILES string of the molecule is COc1cc(-c2ccnc(N3CCN(C(=O)c4c(C(F)(F)F)ccc(Cl)c4F)CC3)n2)cc(OC)c1OC. The van der Waals surface area contributed by atoms with Crippen molar-refractivity contribution in [2.24, 2.45) is 0 Å². The molecule has 1 aliphatic heterocycles. The minimum atomic E-state index is -4.92. The van der Waals surface area contributed by atoms with E-state index in [1.807, 2.05) is 0 Å². The molecule has 0 atom stereocenters. The minimum Gasteiger partial charge on any atom is -0.493 e. The summed E-state index contributed by atoms with van der Waals surface area (Å²) in [5, 5.41) is -0.558. The molecular weight excluding hydrogens is 532 g/mol. The number of anilines is 1. The van der Waals surface area contributed by atoms with E-state index in [2.05, 4.69) is 9.97 Å². The number of aromatic nitrogens is 2. The monoisotopic (exact) mass is 554 g/mol. The lowest BCUT2D eigenvalue weighted by atomic mass is 10.0. The Bertz CT molecular complexity index is 1320. The average molecular weight is 555 g/mol. The van der Waals surface area contributed by atoms with E-state index in [9.17, 15) is 22.4 Å². The Kier molecular flexibility index (Phi) is 7.81. The number of rotatable bonds is 6. The van der Waals surface area contributed by atoms with Gasteiger partial charge in [0.15, 0.2) is 17.3 Å². The molecule has 8 nitrogen and oxygen atoms in total. The maximum Gasteiger partial charge on any atom is 0.417 e. The molecule has 3 aromatic rings. The second kappa shape index (κ2) is 10.9. The third-order valence-corrected chi connectivity index (χ3v) is 6.36. The van der Waals surface area contributed by atoms with Crippen molar-refractivity contribution in [3.63, 3.8) is 0 Å². The fourth-order valence-corrected chi connectivity index (χ4v) is 4.31. The lowest BCUT2D eigenvalue weighted by Crippen LogP contribution is -2.49. The van der Waals surface area contributed by atoms with E-state index >= 15 is 0 Å². The summed E-state index contributed by atoms with van der Waals surface area (Å²) in [6.07, 6.45) is -3.35. The van der Waals surface area contributed by atoms with Gasteiger partial charge in [0.05, 0.1) is 43.2 Å². The van der Waals surface area contributed by atoms with Crippen LogP contribution in [0.4, 0.5) is 23.5 Å². The van der Waals surface area contributed by atoms with Crippen molar-refractivity contribution < 1.29 is 36.6 Å². The van der Waals surface area contributed by atoms with Crippen LogP contribution in [0.5, 0.6) is 17.2 Å². The third kappa shape index (κ3) is 5.26. The number of halogens is 5. The van der Waals surface area contributed by atoms with Gasteiger partial charge in [-0.1, -0.05) is 11.6 Å². The van der Waals surface area contributed by atoms with Crippen LogP contribution in [0.25, 0.3) is 11.3 Å². The highest BCUT2D eigenvalue weighted by Crippen LogP contribution is 2.41. The van der Waals surface area contributed by atoms with Crippen molar-refractivity contribution in [3.05, 3.63) is 58.5 Å². The van der Waals surface area contributed by atoms with Crippen molar-refractivity contribution in [1.82, 2.24) is 14.9 Å². The van der Waals surface area contributed by atoms with E-state index in [0.717, 1.165) is 11.0 Å². The summed E-state index contributed by atoms with van der Waals surface area (Å²) in [5.74, 6) is -0.799. The molecule has 0 aliphatic carbocycles. The smallest absolute Gasteiger partial charge is 0.417 e. The molecule has 4 rings (SSSR count). The highest BCUT2D eigenvalue weighted by atomic mass is 35.5. The molecule has 1 aliphatic rings. The Morgan fingerprint density at radius 1 is 0.974 bits per heavy atom. The largest absolute Gasteiger partial charge is 0.493 e. The molecule has 0 saturated carbocycles. The molecule has 0 N–H and O–H groups in total. The lowest BCUT2D eigenvalue weighted by Gasteiger charge is -2.35. The standard InChI is InChI=1S/C25H23ClF4N4O4/c1-36-18-12-14(13-19(37-2)22(18)38-3)17-6-7-31-24(32-17)34-10-8-33(9-11-34)23(35)20-15(25(28,29)30)4-5-16(26)21(20)27/h4-7,12-13H,8-11H2,1-3H3. The molecule has 202 valence electrons. The molecule has 0 radical (unpaired) electrons. The van der Waals surface area contributed by atoms with Gasteiger partial charge in [0, 0.05) is 37.9 Å². The quantitative estimate of drug-likeness (QED) is 0.399. The van der Waals surface area contributed by atoms with Gasteiger partial charge in [-0.05, 0) is 30.3 Å². The number of benzene rings is 2. The fourth-order valence-electron chi connectivity index (χ4n) is 4.15. The summed E-state index contributed by atoms with van der Waals surface area (Å²) < 4.78 is 71.1. The van der Waals surface area contributed by atoms with Crippen LogP contribution in [-0.2, 0) is 6.18 Å². The number of amides is 1. The molecule has 38 heavy (non-hydrogen) atoms. The van der Waals surface area contributed by atoms with Crippen LogP contribution in [0.2, 0.25) is 5.02 Å². The zero-order valence-electron chi connectivity index (χ0n) is 20.6. The number of ether oxygens (including phenoxy) is 3. The van der Waals surface area contributed by atoms with E-state index in [0.29, 0.717) is 40.5 Å². The van der Waals surface area contributed by atoms with Crippen LogP contribution in [0.1, 0.15) is 15.9 Å². The Hall–Kier alpha value is -3.80. The first kappa shape index (κ1) is 27.2. The zero-order valence-corrected chi connectivity index (χ0v) is 21.4. The number of nitrogens with zero attached hydrogens (tertiary/aromatic N) is 4. The third-order valence-electron chi connectivity index (χ3n) is 6.07. The Labute approximate surface area is 220 Å². The minimum absolute atomic E-state index is 0.0276. The van der Waals surface area contributed by atoms with Crippen molar-refractivity contribution in [3.8, 4) is 28.5 Å². The maximum atomic E-state index is 14.6. The number of alkyl halides is 3. The number of carbonyl (C=O) groups is 1. The van der Waals surface area contributed by atoms with E-state index in [-0.39, 0.29) is 26.2 Å². The van der Waals surface area contributed by atoms with Gasteiger partial charge in [0.25, 0.3) is 5.91 Å². The first-order chi connectivity index (χ1) is 18.1. The topological polar surface area (TPSA) is 77.0 Å². The Morgan fingerprint density at radius 2 is 1.61 bits per heavy atom. The molecule has 0 spiro atoms. The van der Waals surface area contributed by atoms with Crippen LogP contribution in [0.15, 0.2) is 36.5 Å². The molecule has 1 amide bonds. The van der Waals surface area contributed by atoms with E-state index < -0.39 is 34.1 Å². The lowest BCUT2D eigenvalue weighted by molar-refractivity contribution is -0.138. The van der Waals surface area contributed by atoms with Crippen LogP contribution in [0.3, 0.4) is 0 Å². The summed E-state index contributed by atoms with van der Waals surface area (Å²) in [6.45, 7) is 0.488. The van der Waals surface area contributed by atoms with Crippen molar-refractivity contribution >= 4 is 23.5 Å². The summed E-state index contributed by atoms with van der Waals surface area (Å²) in [5.41, 5.74) is -1.22. The summed E-state index contributed by atoms with van der Waals surface area (Å²) >= 11 is 5.68. The van der Waals surface area contributed by atoms with Crippen LogP contribution < -0.4 is 19.1 Å². The van der Waals surface area contributed by atoms with E-state index in [1.54, 1.807) is 29.3 Å². The van der Waals surface area contributed by atoms with Gasteiger partial charge < -0.3 is 24.0 Å². The van der Waals surface area contributed by atoms with Crippen molar-refractivity contribution in [1.29, 1.82) is 0 Å². The van der Waals surface area contributed by atoms with Gasteiger partial charge in [-0.2, -0.15) is 13.2 Å². The Balaban J connectivity index is 1.55. The van der Waals surface area contributed by atoms with Gasteiger partial charge >= 0.3 is 6.18 Å². The summed E-state index contributed by atoms with van der Waals surface area (Å²) in [4.78, 5) is 24.8. The van der Waals surface area contributed by atoms with Gasteiger partial charge in [-0.15, -0.1) is 0 Å². The number of methoxy groups -OCH3 is 3. The predicted octanol–water partition coefficient (Wildman–Crippen LogP) is 4.94. The van der Waals surface area contributed by atoms with Gasteiger partial charge in [-0.25, -0.2) is 14.4 Å². The Morgan fingerprint density at radius 3 is 2.16 bits per heavy atom. The molecule has 0 unspecified atom stereocenters.